The molecule has 0 unspecified atom stereocenters. The van der Waals surface area contributed by atoms with Crippen molar-refractivity contribution in [2.45, 2.75) is 45.9 Å². The van der Waals surface area contributed by atoms with E-state index in [-0.39, 0.29) is 11.3 Å². The number of hydrogen-bond acceptors (Lipinski definition) is 5. The monoisotopic (exact) mass is 535 g/mol. The third kappa shape index (κ3) is 5.83. The fourth-order valence-corrected chi connectivity index (χ4v) is 5.07. The van der Waals surface area contributed by atoms with Crippen LogP contribution in [-0.4, -0.2) is 37.8 Å². The average molecular weight is 536 g/mol. The second-order valence-corrected chi connectivity index (χ2v) is 10.0. The number of amides is 1. The first-order valence-corrected chi connectivity index (χ1v) is 13.6. The predicted molar refractivity (Wildman–Crippen MR) is 154 cm³/mol. The Morgan fingerprint density at radius 1 is 0.975 bits per heavy atom. The summed E-state index contributed by atoms with van der Waals surface area (Å²) in [6, 6.07) is 22.3. The number of ketones is 1. The van der Waals surface area contributed by atoms with E-state index in [1.54, 1.807) is 41.7 Å². The summed E-state index contributed by atoms with van der Waals surface area (Å²) in [5, 5.41) is 11.4. The van der Waals surface area contributed by atoms with Crippen molar-refractivity contribution < 1.29 is 19.4 Å². The lowest BCUT2D eigenvalue weighted by Crippen LogP contribution is -2.31. The van der Waals surface area contributed by atoms with Gasteiger partial charge >= 0.3 is 0 Å². The summed E-state index contributed by atoms with van der Waals surface area (Å²) in [5.41, 5.74) is 4.73. The highest BCUT2D eigenvalue weighted by atomic mass is 16.5. The maximum Gasteiger partial charge on any atom is 0.295 e. The fraction of sp³-hybridized carbons (Fsp3) is 0.242. The molecular formula is C33H33N3O4. The fourth-order valence-electron chi connectivity index (χ4n) is 5.07. The number of carbonyl (C=O) groups is 2. The summed E-state index contributed by atoms with van der Waals surface area (Å²) in [6.45, 7) is 5.56. The summed E-state index contributed by atoms with van der Waals surface area (Å²) in [5.74, 6) is -0.825. The van der Waals surface area contributed by atoms with Crippen molar-refractivity contribution in [3.05, 3.63) is 125 Å². The summed E-state index contributed by atoms with van der Waals surface area (Å²) >= 11 is 0. The van der Waals surface area contributed by atoms with Crippen LogP contribution in [0.25, 0.3) is 5.76 Å². The molecular weight excluding hydrogens is 502 g/mol. The first kappa shape index (κ1) is 26.9. The molecule has 1 fully saturated rings. The molecule has 1 saturated heterocycles. The molecule has 0 radical (unpaired) electrons. The van der Waals surface area contributed by atoms with E-state index >= 15 is 0 Å². The lowest BCUT2D eigenvalue weighted by molar-refractivity contribution is -0.139. The number of carbonyl (C=O) groups excluding carboxylic acids is 2. The zero-order valence-corrected chi connectivity index (χ0v) is 22.8. The first-order valence-electron chi connectivity index (χ1n) is 13.6. The van der Waals surface area contributed by atoms with Gasteiger partial charge < -0.3 is 19.3 Å². The number of aromatic nitrogens is 2. The number of nitrogens with zero attached hydrogens (tertiary/aromatic N) is 3. The van der Waals surface area contributed by atoms with Crippen molar-refractivity contribution in [3.63, 3.8) is 0 Å². The minimum absolute atomic E-state index is 0.102. The van der Waals surface area contributed by atoms with E-state index in [0.717, 1.165) is 23.1 Å². The number of aryl methyl sites for hydroxylation is 3. The Balaban J connectivity index is 1.41. The highest BCUT2D eigenvalue weighted by Crippen LogP contribution is 2.39. The van der Waals surface area contributed by atoms with Crippen molar-refractivity contribution >= 4 is 17.4 Å². The molecule has 40 heavy (non-hydrogen) atoms. The number of rotatable bonds is 10. The number of likely N-dealkylation sites (tertiary alicyclic amines) is 1. The molecule has 0 saturated carbocycles. The van der Waals surface area contributed by atoms with Crippen LogP contribution in [0, 0.1) is 6.92 Å². The molecule has 1 amide bonds. The number of Topliss-reactive ketones (excluding diaryl/α,β-unsaturated/α-hetero) is 1. The van der Waals surface area contributed by atoms with Crippen LogP contribution in [0.5, 0.6) is 5.75 Å². The average Bonchev–Trinajstić information content (AvgIpc) is 3.58. The van der Waals surface area contributed by atoms with E-state index in [1.807, 2.05) is 60.2 Å². The molecule has 7 nitrogen and oxygen atoms in total. The van der Waals surface area contributed by atoms with Crippen LogP contribution in [-0.2, 0) is 29.2 Å². The van der Waals surface area contributed by atoms with Crippen LogP contribution in [0.2, 0.25) is 0 Å². The summed E-state index contributed by atoms with van der Waals surface area (Å²) in [6.07, 6.45) is 6.82. The molecule has 1 aliphatic heterocycles. The van der Waals surface area contributed by atoms with Gasteiger partial charge in [-0.05, 0) is 60.7 Å². The molecule has 1 atom stereocenters. The number of aliphatic hydroxyl groups is 1. The van der Waals surface area contributed by atoms with Gasteiger partial charge in [-0.15, -0.1) is 0 Å². The molecule has 1 N–H and O–H groups in total. The summed E-state index contributed by atoms with van der Waals surface area (Å²) in [7, 11) is 0. The van der Waals surface area contributed by atoms with Gasteiger partial charge in [-0.2, -0.15) is 0 Å². The Morgan fingerprint density at radius 3 is 2.42 bits per heavy atom. The normalized spacial score (nSPS) is 16.4. The van der Waals surface area contributed by atoms with Gasteiger partial charge in [0.1, 0.15) is 18.1 Å². The van der Waals surface area contributed by atoms with Crippen molar-refractivity contribution in [2.24, 2.45) is 0 Å². The zero-order valence-electron chi connectivity index (χ0n) is 22.8. The quantitative estimate of drug-likeness (QED) is 0.157. The van der Waals surface area contributed by atoms with Gasteiger partial charge in [-0.3, -0.25) is 9.59 Å². The summed E-state index contributed by atoms with van der Waals surface area (Å²) in [4.78, 5) is 32.2. The Bertz CT molecular complexity index is 1510. The van der Waals surface area contributed by atoms with Crippen LogP contribution in [0.4, 0.5) is 0 Å². The van der Waals surface area contributed by atoms with E-state index in [1.165, 1.54) is 5.56 Å². The molecule has 0 aliphatic carbocycles. The summed E-state index contributed by atoms with van der Waals surface area (Å²) < 4.78 is 7.85. The number of ether oxygens (including phenoxy) is 1. The van der Waals surface area contributed by atoms with Crippen LogP contribution < -0.4 is 4.74 Å². The SMILES string of the molecule is CCc1ccc([C@@H]2/C(=C(\O)c3ccc(OCc4cccc(C)c4)cc3)C(=O)C(=O)N2CCCn2ccnc2)cc1. The molecule has 5 rings (SSSR count). The maximum atomic E-state index is 13.3. The van der Waals surface area contributed by atoms with E-state index in [2.05, 4.69) is 18.0 Å². The second kappa shape index (κ2) is 12.0. The van der Waals surface area contributed by atoms with Crippen molar-refractivity contribution in [1.82, 2.24) is 14.5 Å². The van der Waals surface area contributed by atoms with Crippen molar-refractivity contribution in [2.75, 3.05) is 6.54 Å². The van der Waals surface area contributed by atoms with E-state index in [4.69, 9.17) is 4.74 Å². The van der Waals surface area contributed by atoms with E-state index in [9.17, 15) is 14.7 Å². The number of benzene rings is 3. The Hall–Kier alpha value is -4.65. The Morgan fingerprint density at radius 2 is 1.75 bits per heavy atom. The molecule has 0 spiro atoms. The molecule has 1 aromatic heterocycles. The van der Waals surface area contributed by atoms with Crippen LogP contribution >= 0.6 is 0 Å². The van der Waals surface area contributed by atoms with Gasteiger partial charge in [0, 0.05) is 31.0 Å². The third-order valence-electron chi connectivity index (χ3n) is 7.23. The molecule has 3 aromatic carbocycles. The molecule has 204 valence electrons. The maximum absolute atomic E-state index is 13.3. The molecule has 7 heteroatoms. The second-order valence-electron chi connectivity index (χ2n) is 10.0. The minimum Gasteiger partial charge on any atom is -0.507 e. The highest BCUT2D eigenvalue weighted by molar-refractivity contribution is 6.46. The number of hydrogen-bond donors (Lipinski definition) is 1. The van der Waals surface area contributed by atoms with Gasteiger partial charge in [0.2, 0.25) is 0 Å². The lowest BCUT2D eigenvalue weighted by atomic mass is 9.94. The van der Waals surface area contributed by atoms with Crippen molar-refractivity contribution in [1.29, 1.82) is 0 Å². The Kier molecular flexibility index (Phi) is 8.10. The van der Waals surface area contributed by atoms with Gasteiger partial charge in [0.05, 0.1) is 17.9 Å². The van der Waals surface area contributed by atoms with Gasteiger partial charge in [0.15, 0.2) is 0 Å². The van der Waals surface area contributed by atoms with E-state index in [0.29, 0.717) is 37.4 Å². The Labute approximate surface area is 234 Å². The molecule has 2 heterocycles. The largest absolute Gasteiger partial charge is 0.507 e. The third-order valence-corrected chi connectivity index (χ3v) is 7.23. The van der Waals surface area contributed by atoms with Gasteiger partial charge in [-0.1, -0.05) is 61.0 Å². The van der Waals surface area contributed by atoms with Gasteiger partial charge in [0.25, 0.3) is 11.7 Å². The van der Waals surface area contributed by atoms with Crippen LogP contribution in [0.3, 0.4) is 0 Å². The lowest BCUT2D eigenvalue weighted by Gasteiger charge is -2.25. The smallest absolute Gasteiger partial charge is 0.295 e. The molecule has 4 aromatic rings. The van der Waals surface area contributed by atoms with Crippen LogP contribution in [0.15, 0.2) is 97.1 Å². The number of aliphatic hydroxyl groups excluding tert-OH is 1. The van der Waals surface area contributed by atoms with E-state index < -0.39 is 17.7 Å². The standard InChI is InChI=1S/C33H33N3O4/c1-3-24-8-10-26(11-9-24)30-29(32(38)33(39)36(30)18-5-17-35-19-16-34-22-35)31(37)27-12-14-28(15-13-27)40-21-25-7-4-6-23(2)20-25/h4,6-16,19-20,22,30,37H,3,5,17-18,21H2,1-2H3/b31-29+/t30-/m1/s1. The number of imidazole rings is 1. The topological polar surface area (TPSA) is 84.7 Å². The molecule has 0 bridgehead atoms. The van der Waals surface area contributed by atoms with Crippen molar-refractivity contribution in [3.8, 4) is 5.75 Å². The highest BCUT2D eigenvalue weighted by Gasteiger charge is 2.45. The van der Waals surface area contributed by atoms with Crippen LogP contribution in [0.1, 0.15) is 47.2 Å². The zero-order chi connectivity index (χ0) is 28.1. The van der Waals surface area contributed by atoms with Gasteiger partial charge in [-0.25, -0.2) is 4.98 Å². The molecule has 1 aliphatic rings. The first-order chi connectivity index (χ1) is 19.4. The predicted octanol–water partition coefficient (Wildman–Crippen LogP) is 5.84. The minimum atomic E-state index is -0.676.